The Morgan fingerprint density at radius 1 is 0.257 bits per heavy atom. The Morgan fingerprint density at radius 2 is 0.771 bits per heavy atom. The van der Waals surface area contributed by atoms with Gasteiger partial charge < -0.3 is 13.7 Å². The van der Waals surface area contributed by atoms with Crippen LogP contribution in [0.5, 0.6) is 0 Å². The van der Waals surface area contributed by atoms with Gasteiger partial charge in [-0.1, -0.05) is 166 Å². The highest BCUT2D eigenvalue weighted by atomic mass is 15.0. The molecule has 0 spiro atoms. The number of aromatic nitrogens is 3. The van der Waals surface area contributed by atoms with Crippen LogP contribution in [-0.2, 0) is 0 Å². The molecule has 10 heteroatoms. The predicted octanol–water partition coefficient (Wildman–Crippen LogP) is 3.79. The summed E-state index contributed by atoms with van der Waals surface area (Å²) < 4.78 is 7.49. The zero-order chi connectivity index (χ0) is 47.5. The van der Waals surface area contributed by atoms with E-state index in [0.717, 1.165) is 11.4 Å². The maximum Gasteiger partial charge on any atom is 0.141 e. The minimum Gasteiger partial charge on any atom is -0.310 e. The third-order valence-corrected chi connectivity index (χ3v) is 16.0. The topological polar surface area (TPSA) is 14.8 Å². The minimum atomic E-state index is 1.14. The Labute approximate surface area is 414 Å². The summed E-state index contributed by atoms with van der Waals surface area (Å²) in [6, 6.07) is 71.5. The maximum absolute atomic E-state index is 2.57. The monoisotopic (exact) mass is 885 g/mol. The summed E-state index contributed by atoms with van der Waals surface area (Å²) in [4.78, 5) is 0. The molecule has 0 atom stereocenters. The van der Waals surface area contributed by atoms with Gasteiger partial charge in [-0.25, -0.2) is 0 Å². The second kappa shape index (κ2) is 16.1. The van der Waals surface area contributed by atoms with Crippen molar-refractivity contribution in [2.45, 2.75) is 0 Å². The summed E-state index contributed by atoms with van der Waals surface area (Å²) >= 11 is 0. The SMILES string of the molecule is Bc1c(B)c(B)c2c(c1B)c1c(B)c(-c3ccc4c(c3)c3c(-c5ccccc5)cccc3n4-c3ccc4c5ccccc5n(-c5ccccc5)c4c3)c(B)c(B)c1n2-c1ccc(-c2ccccc2)cc1. The molecule has 0 radical (unpaired) electrons. The molecule has 0 aliphatic rings. The van der Waals surface area contributed by atoms with Crippen molar-refractivity contribution in [1.82, 2.24) is 13.7 Å². The Morgan fingerprint density at radius 3 is 1.50 bits per heavy atom. The van der Waals surface area contributed by atoms with Gasteiger partial charge >= 0.3 is 0 Å². The second-order valence-electron chi connectivity index (χ2n) is 19.5. The molecule has 0 fully saturated rings. The van der Waals surface area contributed by atoms with Gasteiger partial charge in [0, 0.05) is 55.0 Å². The summed E-state index contributed by atoms with van der Waals surface area (Å²) in [6.07, 6.45) is 0. The summed E-state index contributed by atoms with van der Waals surface area (Å²) in [5.74, 6) is 0. The fourth-order valence-corrected chi connectivity index (χ4v) is 12.2. The van der Waals surface area contributed by atoms with E-state index in [1.807, 2.05) is 0 Å². The third kappa shape index (κ3) is 6.12. The lowest BCUT2D eigenvalue weighted by Crippen LogP contribution is -2.48. The first kappa shape index (κ1) is 42.2. The minimum absolute atomic E-state index is 1.14. The zero-order valence-electron chi connectivity index (χ0n) is 40.8. The molecule has 3 nitrogen and oxygen atoms in total. The normalized spacial score (nSPS) is 11.8. The number of para-hydroxylation sites is 2. The van der Waals surface area contributed by atoms with E-state index in [2.05, 4.69) is 263 Å². The van der Waals surface area contributed by atoms with Gasteiger partial charge in [0.1, 0.15) is 54.9 Å². The van der Waals surface area contributed by atoms with Gasteiger partial charge in [-0.05, 0) is 99.4 Å². The lowest BCUT2D eigenvalue weighted by atomic mass is 9.64. The molecule has 13 rings (SSSR count). The molecule has 0 bridgehead atoms. The molecule has 0 aliphatic carbocycles. The van der Waals surface area contributed by atoms with Crippen molar-refractivity contribution in [3.05, 3.63) is 194 Å². The molecule has 0 saturated heterocycles. The Bertz CT molecular complexity index is 4290. The molecule has 3 aromatic heterocycles. The van der Waals surface area contributed by atoms with Crippen LogP contribution >= 0.6 is 0 Å². The van der Waals surface area contributed by atoms with Crippen LogP contribution in [0.1, 0.15) is 0 Å². The van der Waals surface area contributed by atoms with Crippen molar-refractivity contribution in [2.24, 2.45) is 0 Å². The van der Waals surface area contributed by atoms with Crippen LogP contribution in [0.15, 0.2) is 194 Å². The van der Waals surface area contributed by atoms with E-state index in [4.69, 9.17) is 0 Å². The van der Waals surface area contributed by atoms with Crippen LogP contribution in [0.2, 0.25) is 0 Å². The van der Waals surface area contributed by atoms with Crippen molar-refractivity contribution >= 4 is 159 Å². The number of nitrogens with zero attached hydrogens (tertiary/aromatic N) is 3. The van der Waals surface area contributed by atoms with Crippen LogP contribution in [0.25, 0.3) is 116 Å². The van der Waals surface area contributed by atoms with E-state index in [0.29, 0.717) is 0 Å². The van der Waals surface area contributed by atoms with Crippen molar-refractivity contribution in [2.75, 3.05) is 0 Å². The number of hydrogen-bond donors (Lipinski definition) is 0. The maximum atomic E-state index is 2.57. The molecule has 10 aromatic carbocycles. The van der Waals surface area contributed by atoms with Gasteiger partial charge in [0.25, 0.3) is 0 Å². The highest BCUT2D eigenvalue weighted by Crippen LogP contribution is 2.42. The smallest absolute Gasteiger partial charge is 0.141 e. The van der Waals surface area contributed by atoms with Crippen LogP contribution in [-0.4, -0.2) is 68.6 Å². The molecule has 0 aliphatic heterocycles. The quantitative estimate of drug-likeness (QED) is 0.226. The lowest BCUT2D eigenvalue weighted by molar-refractivity contribution is 1.15. The molecule has 322 valence electrons. The highest BCUT2D eigenvalue weighted by Gasteiger charge is 2.26. The number of hydrogen-bond acceptors (Lipinski definition) is 0. The second-order valence-corrected chi connectivity index (χ2v) is 19.5. The molecule has 0 N–H and O–H groups in total. The van der Waals surface area contributed by atoms with Crippen molar-refractivity contribution in [3.63, 3.8) is 0 Å². The van der Waals surface area contributed by atoms with Crippen LogP contribution in [0, 0.1) is 0 Å². The highest BCUT2D eigenvalue weighted by molar-refractivity contribution is 6.69. The largest absolute Gasteiger partial charge is 0.310 e. The fourth-order valence-electron chi connectivity index (χ4n) is 12.2. The van der Waals surface area contributed by atoms with Crippen LogP contribution in [0.3, 0.4) is 0 Å². The first-order chi connectivity index (χ1) is 34.2. The van der Waals surface area contributed by atoms with Gasteiger partial charge in [-0.15, -0.1) is 5.46 Å². The Balaban J connectivity index is 1.08. The average molecular weight is 885 g/mol. The summed E-state index contributed by atoms with van der Waals surface area (Å²) in [7, 11) is 16.3. The fraction of sp³-hybridized carbons (Fsp3) is 0. The van der Waals surface area contributed by atoms with Gasteiger partial charge in [-0.3, -0.25) is 0 Å². The molecule has 70 heavy (non-hydrogen) atoms. The van der Waals surface area contributed by atoms with Gasteiger partial charge in [-0.2, -0.15) is 0 Å². The van der Waals surface area contributed by atoms with E-state index in [9.17, 15) is 0 Å². The predicted molar refractivity (Wildman–Crippen MR) is 323 cm³/mol. The van der Waals surface area contributed by atoms with Gasteiger partial charge in [0.05, 0.1) is 22.1 Å². The first-order valence-electron chi connectivity index (χ1n) is 24.6. The van der Waals surface area contributed by atoms with Gasteiger partial charge in [0.15, 0.2) is 0 Å². The van der Waals surface area contributed by atoms with E-state index < -0.39 is 0 Å². The van der Waals surface area contributed by atoms with Crippen LogP contribution < -0.4 is 38.2 Å². The summed E-state index contributed by atoms with van der Waals surface area (Å²) in [6.45, 7) is 0. The number of benzene rings is 10. The van der Waals surface area contributed by atoms with Crippen molar-refractivity contribution in [3.8, 4) is 50.4 Å². The summed E-state index contributed by atoms with van der Waals surface area (Å²) in [5, 5.41) is 7.70. The number of rotatable bonds is 6. The molecule has 3 heterocycles. The third-order valence-electron chi connectivity index (χ3n) is 16.0. The van der Waals surface area contributed by atoms with E-state index in [1.54, 1.807) is 0 Å². The lowest BCUT2D eigenvalue weighted by Gasteiger charge is -2.19. The molecule has 0 saturated carbocycles. The van der Waals surface area contributed by atoms with Gasteiger partial charge in [0.2, 0.25) is 0 Å². The van der Waals surface area contributed by atoms with E-state index in [-0.39, 0.29) is 0 Å². The molecule has 13 aromatic rings. The molecular formula is C60H46B7N3. The Hall–Kier alpha value is -7.95. The number of fused-ring (bicyclic) bond motifs is 9. The first-order valence-corrected chi connectivity index (χ1v) is 24.6. The van der Waals surface area contributed by atoms with E-state index in [1.165, 1.54) is 143 Å². The van der Waals surface area contributed by atoms with Crippen molar-refractivity contribution in [1.29, 1.82) is 0 Å². The molecule has 0 amide bonds. The van der Waals surface area contributed by atoms with Crippen molar-refractivity contribution < 1.29 is 0 Å². The van der Waals surface area contributed by atoms with Crippen LogP contribution in [0.4, 0.5) is 0 Å². The Kier molecular flexibility index (Phi) is 9.68. The standard InChI is InChI=1S/C60H46B7N3/c61-52-48(53(62)57(66)59-50(52)51-54(63)55(64)56(65)58(67)60(51)70(59)38-26-23-34(24-27-38)33-13-4-1-5-14-33)36-25-30-45-43(31-36)49-40(35-15-6-2-7-16-35)20-12-22-46(49)69(45)39-28-29-42-41-19-10-11-21-44(41)68(47(42)32-39)37-17-8-3-9-18-37/h1-32H,61-67H2. The molecule has 0 unspecified atom stereocenters. The average Bonchev–Trinajstić information content (AvgIpc) is 4.06. The summed E-state index contributed by atoms with van der Waals surface area (Å²) in [5.41, 5.74) is 27.6. The molecular weight excluding hydrogens is 838 g/mol. The van der Waals surface area contributed by atoms with E-state index >= 15 is 0 Å². The zero-order valence-corrected chi connectivity index (χ0v) is 40.8.